The highest BCUT2D eigenvalue weighted by Gasteiger charge is 2.36. The fourth-order valence-electron chi connectivity index (χ4n) is 3.31. The van der Waals surface area contributed by atoms with Crippen LogP contribution in [-0.2, 0) is 16.0 Å². The normalized spacial score (nSPS) is 17.5. The summed E-state index contributed by atoms with van der Waals surface area (Å²) in [6.45, 7) is 4.28. The number of fused-ring (bicyclic) bond motifs is 1. The Bertz CT molecular complexity index is 772. The lowest BCUT2D eigenvalue weighted by molar-refractivity contribution is -0.144. The number of benzene rings is 1. The summed E-state index contributed by atoms with van der Waals surface area (Å²) in [6.07, 6.45) is 2.35. The van der Waals surface area contributed by atoms with Crippen molar-refractivity contribution in [2.24, 2.45) is 5.92 Å². The fraction of sp³-hybridized carbons (Fsp3) is 0.421. The van der Waals surface area contributed by atoms with Crippen LogP contribution in [0.3, 0.4) is 0 Å². The van der Waals surface area contributed by atoms with Gasteiger partial charge in [-0.1, -0.05) is 44.2 Å². The number of esters is 1. The average Bonchev–Trinajstić information content (AvgIpc) is 3.13. The quantitative estimate of drug-likeness (QED) is 0.823. The van der Waals surface area contributed by atoms with E-state index in [1.807, 2.05) is 44.2 Å². The van der Waals surface area contributed by atoms with Crippen LogP contribution in [0.4, 0.5) is 4.79 Å². The first-order chi connectivity index (χ1) is 12.5. The van der Waals surface area contributed by atoms with Gasteiger partial charge >= 0.3 is 12.0 Å². The highest BCUT2D eigenvalue weighted by atomic mass is 16.5. The molecule has 1 aliphatic heterocycles. The van der Waals surface area contributed by atoms with E-state index < -0.39 is 12.0 Å². The minimum atomic E-state index is -0.690. The van der Waals surface area contributed by atoms with Crippen LogP contribution in [0.15, 0.2) is 36.7 Å². The molecule has 1 aromatic heterocycles. The molecule has 1 aromatic carbocycles. The van der Waals surface area contributed by atoms with E-state index >= 15 is 0 Å². The fourth-order valence-corrected chi connectivity index (χ4v) is 3.31. The first kappa shape index (κ1) is 18.0. The summed E-state index contributed by atoms with van der Waals surface area (Å²) in [5, 5.41) is 2.83. The van der Waals surface area contributed by atoms with E-state index in [0.717, 1.165) is 17.0 Å². The van der Waals surface area contributed by atoms with Gasteiger partial charge < -0.3 is 19.9 Å². The topological polar surface area (TPSA) is 87.3 Å². The molecular weight excluding hydrogens is 332 g/mol. The molecule has 7 heteroatoms. The predicted molar refractivity (Wildman–Crippen MR) is 96.5 cm³/mol. The molecule has 2 atom stereocenters. The molecule has 0 saturated carbocycles. The van der Waals surface area contributed by atoms with Crippen molar-refractivity contribution in [1.29, 1.82) is 0 Å². The van der Waals surface area contributed by atoms with Gasteiger partial charge in [-0.15, -0.1) is 0 Å². The van der Waals surface area contributed by atoms with Gasteiger partial charge in [-0.3, -0.25) is 0 Å². The van der Waals surface area contributed by atoms with E-state index in [1.54, 1.807) is 11.2 Å². The molecule has 2 N–H and O–H groups in total. The SMILES string of the molecule is COC(=O)[C@@H](NC(=O)N1CCc2[nH]cnc2C1c1ccccc1)C(C)C. The first-order valence-corrected chi connectivity index (χ1v) is 8.75. The number of hydrogen-bond acceptors (Lipinski definition) is 4. The predicted octanol–water partition coefficient (Wildman–Crippen LogP) is 2.26. The first-order valence-electron chi connectivity index (χ1n) is 8.75. The second kappa shape index (κ2) is 7.59. The number of imidazole rings is 1. The molecule has 2 amide bonds. The van der Waals surface area contributed by atoms with Crippen molar-refractivity contribution in [2.45, 2.75) is 32.4 Å². The Balaban J connectivity index is 1.90. The molecule has 138 valence electrons. The van der Waals surface area contributed by atoms with E-state index in [1.165, 1.54) is 7.11 Å². The molecule has 2 heterocycles. The van der Waals surface area contributed by atoms with Crippen LogP contribution in [0, 0.1) is 5.92 Å². The zero-order valence-electron chi connectivity index (χ0n) is 15.2. The summed E-state index contributed by atoms with van der Waals surface area (Å²) >= 11 is 0. The number of ether oxygens (including phenoxy) is 1. The lowest BCUT2D eigenvalue weighted by Crippen LogP contribution is -2.53. The second-order valence-corrected chi connectivity index (χ2v) is 6.72. The Morgan fingerprint density at radius 3 is 2.69 bits per heavy atom. The van der Waals surface area contributed by atoms with Crippen LogP contribution in [0.5, 0.6) is 0 Å². The molecule has 0 fully saturated rings. The molecule has 1 unspecified atom stereocenters. The van der Waals surface area contributed by atoms with Gasteiger partial charge in [-0.2, -0.15) is 0 Å². The number of aromatic amines is 1. The third kappa shape index (κ3) is 3.42. The number of rotatable bonds is 4. The van der Waals surface area contributed by atoms with Crippen LogP contribution in [0.1, 0.15) is 36.8 Å². The van der Waals surface area contributed by atoms with Gasteiger partial charge in [0.25, 0.3) is 0 Å². The zero-order chi connectivity index (χ0) is 18.7. The Hall–Kier alpha value is -2.83. The molecule has 0 saturated heterocycles. The highest BCUT2D eigenvalue weighted by Crippen LogP contribution is 2.33. The monoisotopic (exact) mass is 356 g/mol. The zero-order valence-corrected chi connectivity index (χ0v) is 15.2. The van der Waals surface area contributed by atoms with Crippen LogP contribution >= 0.6 is 0 Å². The maximum atomic E-state index is 13.0. The van der Waals surface area contributed by atoms with Gasteiger partial charge in [0.2, 0.25) is 0 Å². The molecule has 0 bridgehead atoms. The smallest absolute Gasteiger partial charge is 0.328 e. The molecular formula is C19H24N4O3. The van der Waals surface area contributed by atoms with Crippen LogP contribution in [0.2, 0.25) is 0 Å². The Labute approximate surface area is 152 Å². The number of methoxy groups -OCH3 is 1. The Kier molecular flexibility index (Phi) is 5.25. The molecule has 3 rings (SSSR count). The summed E-state index contributed by atoms with van der Waals surface area (Å²) in [5.41, 5.74) is 2.86. The number of nitrogens with zero attached hydrogens (tertiary/aromatic N) is 2. The van der Waals surface area contributed by atoms with E-state index in [0.29, 0.717) is 13.0 Å². The largest absolute Gasteiger partial charge is 0.467 e. The summed E-state index contributed by atoms with van der Waals surface area (Å²) in [6, 6.07) is 8.51. The molecule has 2 aromatic rings. The molecule has 0 spiro atoms. The third-order valence-electron chi connectivity index (χ3n) is 4.70. The van der Waals surface area contributed by atoms with E-state index in [4.69, 9.17) is 4.74 Å². The number of urea groups is 1. The second-order valence-electron chi connectivity index (χ2n) is 6.72. The van der Waals surface area contributed by atoms with Crippen molar-refractivity contribution < 1.29 is 14.3 Å². The van der Waals surface area contributed by atoms with Crippen LogP contribution in [-0.4, -0.2) is 46.6 Å². The molecule has 7 nitrogen and oxygen atoms in total. The molecule has 0 radical (unpaired) electrons. The Morgan fingerprint density at radius 1 is 1.31 bits per heavy atom. The van der Waals surface area contributed by atoms with E-state index in [9.17, 15) is 9.59 Å². The number of carbonyl (C=O) groups is 2. The van der Waals surface area contributed by atoms with Crippen molar-refractivity contribution in [1.82, 2.24) is 20.2 Å². The van der Waals surface area contributed by atoms with Gasteiger partial charge in [0.15, 0.2) is 0 Å². The van der Waals surface area contributed by atoms with Crippen molar-refractivity contribution in [3.05, 3.63) is 53.6 Å². The van der Waals surface area contributed by atoms with Crippen LogP contribution in [0.25, 0.3) is 0 Å². The number of carbonyl (C=O) groups excluding carboxylic acids is 2. The standard InChI is InChI=1S/C19H24N4O3/c1-12(2)15(18(24)26-3)22-19(25)23-10-9-14-16(21-11-20-14)17(23)13-7-5-4-6-8-13/h4-8,11-12,15,17H,9-10H2,1-3H3,(H,20,21)(H,22,25)/t15-,17?/m0/s1. The number of amides is 2. The van der Waals surface area contributed by atoms with Gasteiger partial charge in [-0.25, -0.2) is 14.6 Å². The molecule has 1 aliphatic rings. The summed E-state index contributed by atoms with van der Waals surface area (Å²) < 4.78 is 4.83. The number of aromatic nitrogens is 2. The van der Waals surface area contributed by atoms with Gasteiger partial charge in [0, 0.05) is 18.7 Å². The molecule has 0 aliphatic carbocycles. The van der Waals surface area contributed by atoms with Crippen molar-refractivity contribution >= 4 is 12.0 Å². The number of nitrogens with one attached hydrogen (secondary N) is 2. The highest BCUT2D eigenvalue weighted by molar-refractivity contribution is 5.84. The maximum Gasteiger partial charge on any atom is 0.328 e. The number of hydrogen-bond donors (Lipinski definition) is 2. The van der Waals surface area contributed by atoms with E-state index in [2.05, 4.69) is 15.3 Å². The lowest BCUT2D eigenvalue weighted by Gasteiger charge is -2.36. The minimum Gasteiger partial charge on any atom is -0.467 e. The van der Waals surface area contributed by atoms with Crippen molar-refractivity contribution in [3.8, 4) is 0 Å². The number of H-pyrrole nitrogens is 1. The van der Waals surface area contributed by atoms with Gasteiger partial charge in [0.1, 0.15) is 12.1 Å². The lowest BCUT2D eigenvalue weighted by atomic mass is 9.96. The summed E-state index contributed by atoms with van der Waals surface area (Å²) in [4.78, 5) is 34.4. The maximum absolute atomic E-state index is 13.0. The molecule has 26 heavy (non-hydrogen) atoms. The summed E-state index contributed by atoms with van der Waals surface area (Å²) in [5.74, 6) is -0.519. The average molecular weight is 356 g/mol. The van der Waals surface area contributed by atoms with Crippen LogP contribution < -0.4 is 5.32 Å². The Morgan fingerprint density at radius 2 is 2.04 bits per heavy atom. The minimum absolute atomic E-state index is 0.0766. The van der Waals surface area contributed by atoms with Gasteiger partial charge in [0.05, 0.1) is 19.1 Å². The van der Waals surface area contributed by atoms with Crippen molar-refractivity contribution in [3.63, 3.8) is 0 Å². The van der Waals surface area contributed by atoms with E-state index in [-0.39, 0.29) is 18.0 Å². The third-order valence-corrected chi connectivity index (χ3v) is 4.70. The van der Waals surface area contributed by atoms with Gasteiger partial charge in [-0.05, 0) is 11.5 Å². The van der Waals surface area contributed by atoms with Crippen molar-refractivity contribution in [2.75, 3.05) is 13.7 Å². The summed E-state index contributed by atoms with van der Waals surface area (Å²) in [7, 11) is 1.33.